The number of hydrogen-bond acceptors (Lipinski definition) is 6. The standard InChI is InChI=1S/C24H31N3O5/c1-17-9-11-18(12-10-17)16-32-24(30)26-15-5-7-20(25)23(29)27-21-8-4-3-6-19(21)13-14-22(28)31-2/h3-4,6,8-12,20H,5,7,13-16,25H2,1-2H3,(H,26,30)(H,27,29)/t20-/m0/s1. The average Bonchev–Trinajstić information content (AvgIpc) is 2.80. The molecule has 0 fully saturated rings. The van der Waals surface area contributed by atoms with Gasteiger partial charge < -0.3 is 25.8 Å². The van der Waals surface area contributed by atoms with Crippen molar-refractivity contribution in [3.63, 3.8) is 0 Å². The summed E-state index contributed by atoms with van der Waals surface area (Å²) < 4.78 is 9.83. The number of nitrogens with one attached hydrogen (secondary N) is 2. The van der Waals surface area contributed by atoms with E-state index in [1.165, 1.54) is 7.11 Å². The molecule has 2 aromatic rings. The number of carbonyl (C=O) groups is 3. The maximum absolute atomic E-state index is 12.4. The number of ether oxygens (including phenoxy) is 2. The SMILES string of the molecule is COC(=O)CCc1ccccc1NC(=O)[C@@H](N)CCCNC(=O)OCc1ccc(C)cc1. The Morgan fingerprint density at radius 3 is 2.50 bits per heavy atom. The third-order valence-corrected chi connectivity index (χ3v) is 4.89. The molecule has 0 saturated heterocycles. The van der Waals surface area contributed by atoms with Crippen molar-refractivity contribution in [1.29, 1.82) is 0 Å². The van der Waals surface area contributed by atoms with Gasteiger partial charge in [0.15, 0.2) is 0 Å². The molecule has 2 amide bonds. The van der Waals surface area contributed by atoms with Gasteiger partial charge >= 0.3 is 12.1 Å². The number of nitrogens with two attached hydrogens (primary N) is 1. The van der Waals surface area contributed by atoms with Crippen LogP contribution in [0.5, 0.6) is 0 Å². The van der Waals surface area contributed by atoms with E-state index in [9.17, 15) is 14.4 Å². The van der Waals surface area contributed by atoms with Crippen molar-refractivity contribution in [3.8, 4) is 0 Å². The van der Waals surface area contributed by atoms with Crippen LogP contribution in [-0.4, -0.2) is 37.7 Å². The largest absolute Gasteiger partial charge is 0.469 e. The summed E-state index contributed by atoms with van der Waals surface area (Å²) in [5, 5.41) is 5.47. The van der Waals surface area contributed by atoms with Crippen LogP contribution >= 0.6 is 0 Å². The lowest BCUT2D eigenvalue weighted by Gasteiger charge is -2.15. The summed E-state index contributed by atoms with van der Waals surface area (Å²) in [4.78, 5) is 35.6. The van der Waals surface area contributed by atoms with Gasteiger partial charge in [0.1, 0.15) is 6.61 Å². The molecule has 32 heavy (non-hydrogen) atoms. The summed E-state index contributed by atoms with van der Waals surface area (Å²) in [6.45, 7) is 2.54. The van der Waals surface area contributed by atoms with Crippen LogP contribution in [0.15, 0.2) is 48.5 Å². The number of rotatable bonds is 11. The highest BCUT2D eigenvalue weighted by atomic mass is 16.5. The van der Waals surface area contributed by atoms with E-state index in [0.717, 1.165) is 16.7 Å². The normalized spacial score (nSPS) is 11.3. The average molecular weight is 442 g/mol. The van der Waals surface area contributed by atoms with Crippen molar-refractivity contribution < 1.29 is 23.9 Å². The van der Waals surface area contributed by atoms with E-state index in [2.05, 4.69) is 15.4 Å². The van der Waals surface area contributed by atoms with Crippen molar-refractivity contribution in [2.75, 3.05) is 19.0 Å². The number of methoxy groups -OCH3 is 1. The Kier molecular flexibility index (Phi) is 10.2. The van der Waals surface area contributed by atoms with Crippen LogP contribution in [0.4, 0.5) is 10.5 Å². The maximum Gasteiger partial charge on any atom is 0.407 e. The van der Waals surface area contributed by atoms with Gasteiger partial charge in [-0.15, -0.1) is 0 Å². The minimum atomic E-state index is -0.728. The zero-order chi connectivity index (χ0) is 23.3. The molecule has 0 unspecified atom stereocenters. The van der Waals surface area contributed by atoms with Crippen molar-refractivity contribution in [3.05, 3.63) is 65.2 Å². The Morgan fingerprint density at radius 1 is 1.06 bits per heavy atom. The lowest BCUT2D eigenvalue weighted by molar-refractivity contribution is -0.140. The predicted molar refractivity (Wildman–Crippen MR) is 122 cm³/mol. The first-order valence-electron chi connectivity index (χ1n) is 10.6. The Labute approximate surface area is 188 Å². The van der Waals surface area contributed by atoms with Gasteiger partial charge in [0.25, 0.3) is 0 Å². The van der Waals surface area contributed by atoms with Crippen LogP contribution in [0, 0.1) is 6.92 Å². The van der Waals surface area contributed by atoms with Crippen LogP contribution < -0.4 is 16.4 Å². The van der Waals surface area contributed by atoms with E-state index in [1.54, 1.807) is 12.1 Å². The summed E-state index contributed by atoms with van der Waals surface area (Å²) in [6.07, 6.45) is 1.09. The maximum atomic E-state index is 12.4. The van der Waals surface area contributed by atoms with Gasteiger partial charge in [0.2, 0.25) is 5.91 Å². The van der Waals surface area contributed by atoms with E-state index in [0.29, 0.717) is 31.5 Å². The molecule has 4 N–H and O–H groups in total. The first kappa shape index (κ1) is 24.9. The Bertz CT molecular complexity index is 899. The van der Waals surface area contributed by atoms with Gasteiger partial charge in [-0.1, -0.05) is 48.0 Å². The lowest BCUT2D eigenvalue weighted by atomic mass is 10.1. The molecule has 2 aromatic carbocycles. The molecule has 8 heteroatoms. The van der Waals surface area contributed by atoms with E-state index in [-0.39, 0.29) is 24.9 Å². The highest BCUT2D eigenvalue weighted by molar-refractivity contribution is 5.95. The molecule has 0 aliphatic carbocycles. The van der Waals surface area contributed by atoms with Crippen LogP contribution in [0.3, 0.4) is 0 Å². The van der Waals surface area contributed by atoms with E-state index < -0.39 is 12.1 Å². The molecule has 1 atom stereocenters. The lowest BCUT2D eigenvalue weighted by Crippen LogP contribution is -2.36. The number of benzene rings is 2. The first-order chi connectivity index (χ1) is 15.4. The number of amides is 2. The van der Waals surface area contributed by atoms with Gasteiger partial charge in [-0.05, 0) is 43.4 Å². The summed E-state index contributed by atoms with van der Waals surface area (Å²) in [6, 6.07) is 14.3. The summed E-state index contributed by atoms with van der Waals surface area (Å²) in [5.74, 6) is -0.634. The highest BCUT2D eigenvalue weighted by Gasteiger charge is 2.15. The Morgan fingerprint density at radius 2 is 1.78 bits per heavy atom. The molecule has 0 bridgehead atoms. The molecular weight excluding hydrogens is 410 g/mol. The molecular formula is C24H31N3O5. The monoisotopic (exact) mass is 441 g/mol. The van der Waals surface area contributed by atoms with Crippen molar-refractivity contribution in [2.45, 2.75) is 45.3 Å². The van der Waals surface area contributed by atoms with Crippen LogP contribution in [0.2, 0.25) is 0 Å². The number of alkyl carbamates (subject to hydrolysis) is 1. The van der Waals surface area contributed by atoms with E-state index in [1.807, 2.05) is 43.3 Å². The van der Waals surface area contributed by atoms with Gasteiger partial charge in [-0.3, -0.25) is 9.59 Å². The number of carbonyl (C=O) groups excluding carboxylic acids is 3. The molecule has 2 rings (SSSR count). The molecule has 0 heterocycles. The number of aryl methyl sites for hydroxylation is 2. The van der Waals surface area contributed by atoms with Crippen LogP contribution in [-0.2, 0) is 32.1 Å². The fourth-order valence-corrected chi connectivity index (χ4v) is 2.95. The second-order valence-corrected chi connectivity index (χ2v) is 7.46. The Hall–Kier alpha value is -3.39. The fraction of sp³-hybridized carbons (Fsp3) is 0.375. The zero-order valence-corrected chi connectivity index (χ0v) is 18.6. The predicted octanol–water partition coefficient (Wildman–Crippen LogP) is 3.07. The smallest absolute Gasteiger partial charge is 0.407 e. The molecule has 0 spiro atoms. The third-order valence-electron chi connectivity index (χ3n) is 4.89. The number of hydrogen-bond donors (Lipinski definition) is 3. The molecule has 0 aromatic heterocycles. The highest BCUT2D eigenvalue weighted by Crippen LogP contribution is 2.17. The van der Waals surface area contributed by atoms with Gasteiger partial charge in [-0.25, -0.2) is 4.79 Å². The van der Waals surface area contributed by atoms with Gasteiger partial charge in [0, 0.05) is 18.7 Å². The molecule has 0 aliphatic rings. The topological polar surface area (TPSA) is 120 Å². The molecule has 0 saturated carbocycles. The Balaban J connectivity index is 1.69. The molecule has 172 valence electrons. The number of anilines is 1. The molecule has 0 aliphatic heterocycles. The second-order valence-electron chi connectivity index (χ2n) is 7.46. The van der Waals surface area contributed by atoms with Crippen LogP contribution in [0.1, 0.15) is 36.0 Å². The van der Waals surface area contributed by atoms with E-state index in [4.69, 9.17) is 10.5 Å². The number of para-hydroxylation sites is 1. The molecule has 8 nitrogen and oxygen atoms in total. The second kappa shape index (κ2) is 13.1. The van der Waals surface area contributed by atoms with E-state index >= 15 is 0 Å². The molecule has 0 radical (unpaired) electrons. The first-order valence-corrected chi connectivity index (χ1v) is 10.6. The van der Waals surface area contributed by atoms with Crippen LogP contribution in [0.25, 0.3) is 0 Å². The van der Waals surface area contributed by atoms with Gasteiger partial charge in [-0.2, -0.15) is 0 Å². The minimum Gasteiger partial charge on any atom is -0.469 e. The summed E-state index contributed by atoms with van der Waals surface area (Å²) in [5.41, 5.74) is 9.50. The van der Waals surface area contributed by atoms with Crippen molar-refractivity contribution in [2.24, 2.45) is 5.73 Å². The van der Waals surface area contributed by atoms with Crippen molar-refractivity contribution in [1.82, 2.24) is 5.32 Å². The van der Waals surface area contributed by atoms with Crippen molar-refractivity contribution >= 4 is 23.7 Å². The van der Waals surface area contributed by atoms with Gasteiger partial charge in [0.05, 0.1) is 13.2 Å². The zero-order valence-electron chi connectivity index (χ0n) is 18.6. The minimum absolute atomic E-state index is 0.198. The summed E-state index contributed by atoms with van der Waals surface area (Å²) in [7, 11) is 1.34. The number of esters is 1. The summed E-state index contributed by atoms with van der Waals surface area (Å²) >= 11 is 0. The fourth-order valence-electron chi connectivity index (χ4n) is 2.95. The quantitative estimate of drug-likeness (QED) is 0.364. The third kappa shape index (κ3) is 8.77.